The van der Waals surface area contributed by atoms with Crippen molar-refractivity contribution in [2.45, 2.75) is 46.7 Å². The minimum Gasteiger partial charge on any atom is -0.339 e. The van der Waals surface area contributed by atoms with E-state index in [1.807, 2.05) is 4.90 Å². The highest BCUT2D eigenvalue weighted by atomic mass is 16.6. The number of carbonyl (C=O) groups excluding carboxylic acids is 1. The predicted molar refractivity (Wildman–Crippen MR) is 111 cm³/mol. The molecule has 1 aromatic carbocycles. The molecule has 0 bridgehead atoms. The van der Waals surface area contributed by atoms with Crippen LogP contribution in [0.1, 0.15) is 42.3 Å². The van der Waals surface area contributed by atoms with Crippen LogP contribution in [0.25, 0.3) is 0 Å². The van der Waals surface area contributed by atoms with Gasteiger partial charge in [0.2, 0.25) is 5.91 Å². The summed E-state index contributed by atoms with van der Waals surface area (Å²) in [4.78, 5) is 27.5. The maximum absolute atomic E-state index is 12.7. The molecule has 0 aliphatic carbocycles. The number of piperazine rings is 1. The summed E-state index contributed by atoms with van der Waals surface area (Å²) in [6.07, 6.45) is 0. The van der Waals surface area contributed by atoms with Gasteiger partial charge in [0.25, 0.3) is 0 Å². The van der Waals surface area contributed by atoms with Crippen LogP contribution in [0.2, 0.25) is 0 Å². The zero-order valence-corrected chi connectivity index (χ0v) is 17.6. The predicted octanol–water partition coefficient (Wildman–Crippen LogP) is 2.88. The summed E-state index contributed by atoms with van der Waals surface area (Å²) in [6.45, 7) is 11.5. The zero-order chi connectivity index (χ0) is 21.1. The molecule has 1 saturated heterocycles. The third kappa shape index (κ3) is 4.82. The third-order valence-electron chi connectivity index (χ3n) is 5.59. The fraction of sp³-hybridized carbons (Fsp3) is 0.524. The Morgan fingerprint density at radius 1 is 1.14 bits per heavy atom. The van der Waals surface area contributed by atoms with Crippen LogP contribution >= 0.6 is 0 Å². The number of aromatic nitrogens is 2. The highest BCUT2D eigenvalue weighted by molar-refractivity contribution is 5.76. The molecule has 8 nitrogen and oxygen atoms in total. The number of hydrogen-bond donors (Lipinski definition) is 0. The molecule has 1 aliphatic rings. The number of amides is 1. The van der Waals surface area contributed by atoms with Gasteiger partial charge < -0.3 is 4.90 Å². The monoisotopic (exact) mass is 399 g/mol. The molecule has 0 saturated carbocycles. The first-order valence-electron chi connectivity index (χ1n) is 10.0. The van der Waals surface area contributed by atoms with Crippen molar-refractivity contribution >= 4 is 11.6 Å². The number of rotatable bonds is 6. The van der Waals surface area contributed by atoms with E-state index in [1.54, 1.807) is 13.8 Å². The van der Waals surface area contributed by atoms with E-state index in [4.69, 9.17) is 0 Å². The largest absolute Gasteiger partial charge is 0.339 e. The van der Waals surface area contributed by atoms with Gasteiger partial charge >= 0.3 is 5.69 Å². The Morgan fingerprint density at radius 2 is 1.76 bits per heavy atom. The second kappa shape index (κ2) is 8.73. The molecule has 1 aliphatic heterocycles. The summed E-state index contributed by atoms with van der Waals surface area (Å²) in [5.74, 6) is 0.480. The topological polar surface area (TPSA) is 84.5 Å². The molecule has 0 unspecified atom stereocenters. The highest BCUT2D eigenvalue weighted by Gasteiger charge is 2.26. The van der Waals surface area contributed by atoms with E-state index in [1.165, 1.54) is 15.8 Å². The van der Waals surface area contributed by atoms with Gasteiger partial charge in [-0.15, -0.1) is 0 Å². The van der Waals surface area contributed by atoms with Gasteiger partial charge in [0, 0.05) is 32.7 Å². The first-order valence-corrected chi connectivity index (χ1v) is 10.0. The Kier molecular flexibility index (Phi) is 6.32. The molecule has 156 valence electrons. The van der Waals surface area contributed by atoms with Crippen molar-refractivity contribution in [3.8, 4) is 0 Å². The Balaban J connectivity index is 1.53. The van der Waals surface area contributed by atoms with Crippen LogP contribution in [-0.2, 0) is 17.9 Å². The van der Waals surface area contributed by atoms with E-state index in [-0.39, 0.29) is 18.1 Å². The molecule has 1 fully saturated rings. The van der Waals surface area contributed by atoms with Crippen LogP contribution in [0.5, 0.6) is 0 Å². The molecular weight excluding hydrogens is 370 g/mol. The van der Waals surface area contributed by atoms with Crippen LogP contribution in [0.4, 0.5) is 5.69 Å². The molecule has 1 aromatic heterocycles. The van der Waals surface area contributed by atoms with Crippen LogP contribution in [-0.4, -0.2) is 56.6 Å². The van der Waals surface area contributed by atoms with Crippen molar-refractivity contribution < 1.29 is 9.72 Å². The summed E-state index contributed by atoms with van der Waals surface area (Å²) in [5.41, 5.74) is 3.38. The number of nitrogens with zero attached hydrogens (tertiary/aromatic N) is 5. The van der Waals surface area contributed by atoms with Gasteiger partial charge in [0.05, 0.1) is 4.92 Å². The van der Waals surface area contributed by atoms with Gasteiger partial charge in [0.15, 0.2) is 0 Å². The lowest BCUT2D eigenvalue weighted by Gasteiger charge is -2.34. The van der Waals surface area contributed by atoms with Gasteiger partial charge in [-0.05, 0) is 30.9 Å². The van der Waals surface area contributed by atoms with Crippen LogP contribution in [0.3, 0.4) is 0 Å². The Bertz CT molecular complexity index is 880. The van der Waals surface area contributed by atoms with E-state index in [0.717, 1.165) is 19.6 Å². The summed E-state index contributed by atoms with van der Waals surface area (Å²) in [5, 5.41) is 15.3. The quantitative estimate of drug-likeness (QED) is 0.551. The molecular formula is C21H29N5O3. The van der Waals surface area contributed by atoms with Gasteiger partial charge in [0.1, 0.15) is 17.9 Å². The van der Waals surface area contributed by atoms with Crippen molar-refractivity contribution in [2.75, 3.05) is 26.2 Å². The fourth-order valence-electron chi connectivity index (χ4n) is 3.76. The summed E-state index contributed by atoms with van der Waals surface area (Å²) < 4.78 is 1.44. The first-order chi connectivity index (χ1) is 13.8. The summed E-state index contributed by atoms with van der Waals surface area (Å²) >= 11 is 0. The average molecular weight is 399 g/mol. The molecule has 0 atom stereocenters. The molecule has 0 spiro atoms. The second-order valence-electron chi connectivity index (χ2n) is 7.99. The fourth-order valence-corrected chi connectivity index (χ4v) is 3.76. The van der Waals surface area contributed by atoms with Crippen LogP contribution < -0.4 is 0 Å². The van der Waals surface area contributed by atoms with E-state index >= 15 is 0 Å². The van der Waals surface area contributed by atoms with E-state index in [0.29, 0.717) is 30.4 Å². The van der Waals surface area contributed by atoms with Crippen molar-refractivity contribution in [3.63, 3.8) is 0 Å². The van der Waals surface area contributed by atoms with Crippen molar-refractivity contribution in [1.29, 1.82) is 0 Å². The van der Waals surface area contributed by atoms with Crippen LogP contribution in [0, 0.1) is 24.0 Å². The van der Waals surface area contributed by atoms with Crippen molar-refractivity contribution in [1.82, 2.24) is 19.6 Å². The number of nitro groups is 1. The van der Waals surface area contributed by atoms with E-state index < -0.39 is 4.92 Å². The normalized spacial score (nSPS) is 15.1. The summed E-state index contributed by atoms with van der Waals surface area (Å²) in [6, 6.07) is 8.74. The highest BCUT2D eigenvalue weighted by Crippen LogP contribution is 2.22. The lowest BCUT2D eigenvalue weighted by Crippen LogP contribution is -2.49. The Morgan fingerprint density at radius 3 is 2.28 bits per heavy atom. The van der Waals surface area contributed by atoms with Crippen molar-refractivity contribution in [3.05, 3.63) is 56.9 Å². The standard InChI is InChI=1S/C21H29N5O3/c1-15(2)19-7-5-18(6-8-19)13-23-9-11-24(12-10-23)20(27)14-25-17(4)21(26(28)29)16(3)22-25/h5-8,15H,9-14H2,1-4H3. The maximum atomic E-state index is 12.7. The van der Waals surface area contributed by atoms with Gasteiger partial charge in [-0.3, -0.25) is 24.5 Å². The van der Waals surface area contributed by atoms with Gasteiger partial charge in [-0.1, -0.05) is 38.1 Å². The summed E-state index contributed by atoms with van der Waals surface area (Å²) in [7, 11) is 0. The Labute approximate surface area is 171 Å². The number of benzene rings is 1. The number of carbonyl (C=O) groups is 1. The smallest absolute Gasteiger partial charge is 0.312 e. The molecule has 1 amide bonds. The lowest BCUT2D eigenvalue weighted by atomic mass is 10.0. The molecule has 8 heteroatoms. The van der Waals surface area contributed by atoms with Gasteiger partial charge in [-0.25, -0.2) is 0 Å². The number of hydrogen-bond acceptors (Lipinski definition) is 5. The lowest BCUT2D eigenvalue weighted by molar-refractivity contribution is -0.386. The molecule has 29 heavy (non-hydrogen) atoms. The molecule has 0 radical (unpaired) electrons. The third-order valence-corrected chi connectivity index (χ3v) is 5.59. The van der Waals surface area contributed by atoms with E-state index in [9.17, 15) is 14.9 Å². The molecule has 0 N–H and O–H groups in total. The van der Waals surface area contributed by atoms with Crippen LogP contribution in [0.15, 0.2) is 24.3 Å². The minimum absolute atomic E-state index is 0.00824. The number of aryl methyl sites for hydroxylation is 1. The van der Waals surface area contributed by atoms with Crippen molar-refractivity contribution in [2.24, 2.45) is 0 Å². The zero-order valence-electron chi connectivity index (χ0n) is 17.6. The molecule has 3 rings (SSSR count). The first kappa shape index (κ1) is 21.0. The second-order valence-corrected chi connectivity index (χ2v) is 7.99. The SMILES string of the molecule is Cc1nn(CC(=O)N2CCN(Cc3ccc(C(C)C)cc3)CC2)c(C)c1[N+](=O)[O-]. The molecule has 2 heterocycles. The molecule has 2 aromatic rings. The minimum atomic E-state index is -0.439. The average Bonchev–Trinajstić information content (AvgIpc) is 2.96. The maximum Gasteiger partial charge on any atom is 0.312 e. The van der Waals surface area contributed by atoms with Gasteiger partial charge in [-0.2, -0.15) is 5.10 Å². The van der Waals surface area contributed by atoms with E-state index in [2.05, 4.69) is 48.1 Å². The Hall–Kier alpha value is -2.74.